The summed E-state index contributed by atoms with van der Waals surface area (Å²) in [5, 5.41) is 26.1. The quantitative estimate of drug-likeness (QED) is 0.208. The van der Waals surface area contributed by atoms with Gasteiger partial charge in [0.05, 0.1) is 12.9 Å². The lowest BCUT2D eigenvalue weighted by atomic mass is 10.1. The summed E-state index contributed by atoms with van der Waals surface area (Å²) in [7, 11) is 0. The molecule has 0 fully saturated rings. The second-order valence-electron chi connectivity index (χ2n) is 8.09. The van der Waals surface area contributed by atoms with E-state index in [2.05, 4.69) is 25.9 Å². The van der Waals surface area contributed by atoms with Gasteiger partial charge in [0.15, 0.2) is 0 Å². The molecule has 6 N–H and O–H groups in total. The molecule has 1 heterocycles. The number of carbonyl (C=O) groups is 4. The number of rotatable bonds is 12. The zero-order valence-corrected chi connectivity index (χ0v) is 19.7. The predicted octanol–water partition coefficient (Wildman–Crippen LogP) is 0.881. The molecule has 12 nitrogen and oxygen atoms in total. The van der Waals surface area contributed by atoms with Gasteiger partial charge >= 0.3 is 12.1 Å². The Morgan fingerprint density at radius 1 is 0.919 bits per heavy atom. The highest BCUT2D eigenvalue weighted by molar-refractivity contribution is 5.91. The molecule has 3 aromatic rings. The number of nitrogens with zero attached hydrogens (tertiary/aromatic N) is 1. The average Bonchev–Trinajstić information content (AvgIpc) is 3.40. The van der Waals surface area contributed by atoms with Gasteiger partial charge in [-0.3, -0.25) is 9.59 Å². The minimum Gasteiger partial charge on any atom is -0.508 e. The number of phenolic OH excluding ortho intramolecular Hbond substituents is 1. The van der Waals surface area contributed by atoms with Gasteiger partial charge in [0, 0.05) is 24.7 Å². The number of hydrogen-bond donors (Lipinski definition) is 6. The van der Waals surface area contributed by atoms with Gasteiger partial charge in [0.25, 0.3) is 0 Å². The zero-order valence-electron chi connectivity index (χ0n) is 19.7. The SMILES string of the molecule is O=C(CNC(=O)[C@H](Cc1cnc[nH]1)NC(=O)OCc1ccccc1)N[C@@H](Cc1ccc(O)cc1)C(=O)O. The molecular formula is C25H27N5O7. The number of phenols is 1. The van der Waals surface area contributed by atoms with Crippen LogP contribution >= 0.6 is 0 Å². The van der Waals surface area contributed by atoms with Gasteiger partial charge in [0.1, 0.15) is 24.4 Å². The number of hydrogen-bond acceptors (Lipinski definition) is 7. The molecule has 0 aliphatic carbocycles. The third kappa shape index (κ3) is 9.02. The Hall–Kier alpha value is -4.87. The molecule has 12 heteroatoms. The van der Waals surface area contributed by atoms with Gasteiger partial charge in [0.2, 0.25) is 11.8 Å². The average molecular weight is 510 g/mol. The molecule has 0 radical (unpaired) electrons. The lowest BCUT2D eigenvalue weighted by molar-refractivity contribution is -0.141. The van der Waals surface area contributed by atoms with Crippen LogP contribution in [0.5, 0.6) is 5.75 Å². The van der Waals surface area contributed by atoms with E-state index in [0.29, 0.717) is 11.3 Å². The standard InChI is InChI=1S/C25H27N5O7/c31-19-8-6-16(7-9-19)10-21(24(34)35)29-22(32)13-27-23(33)20(11-18-12-26-15-28-18)30-25(36)37-14-17-4-2-1-3-5-17/h1-9,12,15,20-21,31H,10-11,13-14H2,(H,26,28)(H,27,33)(H,29,32)(H,30,36)(H,34,35)/t20-,21-/m0/s1. The van der Waals surface area contributed by atoms with Crippen molar-refractivity contribution in [1.29, 1.82) is 0 Å². The summed E-state index contributed by atoms with van der Waals surface area (Å²) in [5.41, 5.74) is 1.92. The van der Waals surface area contributed by atoms with E-state index in [1.54, 1.807) is 36.4 Å². The smallest absolute Gasteiger partial charge is 0.408 e. The minimum atomic E-state index is -1.26. The van der Waals surface area contributed by atoms with E-state index in [1.165, 1.54) is 24.7 Å². The molecule has 0 unspecified atom stereocenters. The fourth-order valence-electron chi connectivity index (χ4n) is 3.34. The number of imidazole rings is 1. The van der Waals surface area contributed by atoms with Crippen LogP contribution in [0.15, 0.2) is 67.1 Å². The van der Waals surface area contributed by atoms with Crippen molar-refractivity contribution in [2.24, 2.45) is 0 Å². The van der Waals surface area contributed by atoms with Crippen LogP contribution in [0.2, 0.25) is 0 Å². The number of alkyl carbamates (subject to hydrolysis) is 1. The van der Waals surface area contributed by atoms with E-state index < -0.39 is 42.5 Å². The highest BCUT2D eigenvalue weighted by Gasteiger charge is 2.25. The summed E-state index contributed by atoms with van der Waals surface area (Å²) in [6.07, 6.45) is 2.11. The molecular weight excluding hydrogens is 482 g/mol. The Morgan fingerprint density at radius 3 is 2.30 bits per heavy atom. The number of nitrogens with one attached hydrogen (secondary N) is 4. The van der Waals surface area contributed by atoms with Crippen LogP contribution in [-0.4, -0.2) is 62.7 Å². The second kappa shape index (κ2) is 13.3. The van der Waals surface area contributed by atoms with E-state index in [4.69, 9.17) is 4.74 Å². The van der Waals surface area contributed by atoms with Gasteiger partial charge < -0.3 is 35.9 Å². The highest BCUT2D eigenvalue weighted by atomic mass is 16.5. The molecule has 3 amide bonds. The van der Waals surface area contributed by atoms with E-state index in [9.17, 15) is 29.4 Å². The number of amides is 3. The first-order valence-corrected chi connectivity index (χ1v) is 11.3. The monoisotopic (exact) mass is 509 g/mol. The molecule has 0 saturated carbocycles. The molecule has 0 aliphatic heterocycles. The Kier molecular flexibility index (Phi) is 9.59. The summed E-state index contributed by atoms with van der Waals surface area (Å²) in [6.45, 7) is -0.510. The number of benzene rings is 2. The fourth-order valence-corrected chi connectivity index (χ4v) is 3.34. The van der Waals surface area contributed by atoms with Gasteiger partial charge in [-0.25, -0.2) is 14.6 Å². The second-order valence-corrected chi connectivity index (χ2v) is 8.09. The van der Waals surface area contributed by atoms with Gasteiger partial charge in [-0.1, -0.05) is 42.5 Å². The molecule has 0 aliphatic rings. The molecule has 194 valence electrons. The maximum atomic E-state index is 12.8. The molecule has 0 bridgehead atoms. The summed E-state index contributed by atoms with van der Waals surface area (Å²) >= 11 is 0. The van der Waals surface area contributed by atoms with Crippen molar-refractivity contribution in [2.45, 2.75) is 31.5 Å². The predicted molar refractivity (Wildman–Crippen MR) is 130 cm³/mol. The summed E-state index contributed by atoms with van der Waals surface area (Å²) < 4.78 is 5.18. The van der Waals surface area contributed by atoms with Crippen molar-refractivity contribution in [2.75, 3.05) is 6.54 Å². The molecule has 0 saturated heterocycles. The maximum absolute atomic E-state index is 12.8. The number of carboxylic acids is 1. The maximum Gasteiger partial charge on any atom is 0.408 e. The van der Waals surface area contributed by atoms with Crippen LogP contribution in [0.25, 0.3) is 0 Å². The lowest BCUT2D eigenvalue weighted by Gasteiger charge is -2.19. The largest absolute Gasteiger partial charge is 0.508 e. The van der Waals surface area contributed by atoms with Crippen LogP contribution in [0, 0.1) is 0 Å². The van der Waals surface area contributed by atoms with Gasteiger partial charge in [-0.05, 0) is 23.3 Å². The Labute approximate surface area is 212 Å². The van der Waals surface area contributed by atoms with Crippen molar-refractivity contribution < 1.29 is 34.1 Å². The molecule has 3 rings (SSSR count). The first kappa shape index (κ1) is 26.7. The normalized spacial score (nSPS) is 12.1. The number of carbonyl (C=O) groups excluding carboxylic acids is 3. The lowest BCUT2D eigenvalue weighted by Crippen LogP contribution is -2.51. The molecule has 2 aromatic carbocycles. The number of H-pyrrole nitrogens is 1. The van der Waals surface area contributed by atoms with E-state index in [-0.39, 0.29) is 25.2 Å². The van der Waals surface area contributed by atoms with Crippen molar-refractivity contribution >= 4 is 23.9 Å². The van der Waals surface area contributed by atoms with Crippen LogP contribution in [-0.2, 0) is 38.6 Å². The number of aromatic nitrogens is 2. The van der Waals surface area contributed by atoms with Gasteiger partial charge in [-0.15, -0.1) is 0 Å². The number of ether oxygens (including phenoxy) is 1. The number of carboxylic acid groups (broad SMARTS) is 1. The summed E-state index contributed by atoms with van der Waals surface area (Å²) in [6, 6.07) is 12.6. The molecule has 2 atom stereocenters. The fraction of sp³-hybridized carbons (Fsp3) is 0.240. The van der Waals surface area contributed by atoms with E-state index in [0.717, 1.165) is 5.56 Å². The van der Waals surface area contributed by atoms with E-state index >= 15 is 0 Å². The van der Waals surface area contributed by atoms with Crippen molar-refractivity contribution in [3.05, 3.63) is 83.9 Å². The molecule has 37 heavy (non-hydrogen) atoms. The number of aliphatic carboxylic acids is 1. The minimum absolute atomic E-state index is 0.00504. The molecule has 1 aromatic heterocycles. The Morgan fingerprint density at radius 2 is 1.65 bits per heavy atom. The van der Waals surface area contributed by atoms with Crippen LogP contribution in [0.3, 0.4) is 0 Å². The topological polar surface area (TPSA) is 183 Å². The first-order valence-electron chi connectivity index (χ1n) is 11.3. The van der Waals surface area contributed by atoms with Crippen molar-refractivity contribution in [3.8, 4) is 5.75 Å². The first-order chi connectivity index (χ1) is 17.8. The zero-order chi connectivity index (χ0) is 26.6. The van der Waals surface area contributed by atoms with Crippen molar-refractivity contribution in [1.82, 2.24) is 25.9 Å². The summed E-state index contributed by atoms with van der Waals surface area (Å²) in [4.78, 5) is 55.8. The van der Waals surface area contributed by atoms with Gasteiger partial charge in [-0.2, -0.15) is 0 Å². The highest BCUT2D eigenvalue weighted by Crippen LogP contribution is 2.11. The summed E-state index contributed by atoms with van der Waals surface area (Å²) in [5.74, 6) is -2.63. The number of aromatic hydroxyl groups is 1. The van der Waals surface area contributed by atoms with Crippen LogP contribution in [0.1, 0.15) is 16.8 Å². The van der Waals surface area contributed by atoms with Crippen LogP contribution < -0.4 is 16.0 Å². The third-order valence-corrected chi connectivity index (χ3v) is 5.23. The van der Waals surface area contributed by atoms with E-state index in [1.807, 2.05) is 6.07 Å². The Bertz CT molecular complexity index is 1180. The number of aromatic amines is 1. The third-order valence-electron chi connectivity index (χ3n) is 5.23. The Balaban J connectivity index is 1.54. The van der Waals surface area contributed by atoms with Crippen LogP contribution in [0.4, 0.5) is 4.79 Å². The van der Waals surface area contributed by atoms with Crippen molar-refractivity contribution in [3.63, 3.8) is 0 Å². The molecule has 0 spiro atoms.